The average molecular weight is 165 g/mol. The van der Waals surface area contributed by atoms with Gasteiger partial charge in [0, 0.05) is 13.2 Å². The van der Waals surface area contributed by atoms with Crippen molar-refractivity contribution < 1.29 is 5.21 Å². The molecule has 1 aromatic heterocycles. The summed E-state index contributed by atoms with van der Waals surface area (Å²) in [6.45, 7) is 0.532. The maximum atomic E-state index is 8.22. The third kappa shape index (κ3) is 1.95. The normalized spacial score (nSPS) is 12.6. The lowest BCUT2D eigenvalue weighted by Gasteiger charge is -2.00. The van der Waals surface area contributed by atoms with Gasteiger partial charge in [0.05, 0.1) is 12.8 Å². The zero-order valence-corrected chi connectivity index (χ0v) is 6.88. The summed E-state index contributed by atoms with van der Waals surface area (Å²) in [6.07, 6.45) is 3.29. The highest BCUT2D eigenvalue weighted by Crippen LogP contribution is 1.80. The summed E-state index contributed by atoms with van der Waals surface area (Å²) in [5.74, 6) is 0. The van der Waals surface area contributed by atoms with Gasteiger partial charge < -0.3 is 9.77 Å². The number of aromatic nitrogens is 1. The molecule has 0 fully saturated rings. The van der Waals surface area contributed by atoms with Gasteiger partial charge in [-0.25, -0.2) is 0 Å². The van der Waals surface area contributed by atoms with Gasteiger partial charge in [0.2, 0.25) is 0 Å². The molecule has 64 valence electrons. The molecule has 4 nitrogen and oxygen atoms in total. The number of hydrogen-bond donors (Lipinski definition) is 1. The second-order valence-corrected chi connectivity index (χ2v) is 2.23. The van der Waals surface area contributed by atoms with E-state index in [-0.39, 0.29) is 0 Å². The van der Waals surface area contributed by atoms with E-state index >= 15 is 0 Å². The van der Waals surface area contributed by atoms with Crippen LogP contribution in [0, 0.1) is 0 Å². The third-order valence-corrected chi connectivity index (χ3v) is 1.51. The molecule has 12 heavy (non-hydrogen) atoms. The summed E-state index contributed by atoms with van der Waals surface area (Å²) >= 11 is 0. The van der Waals surface area contributed by atoms with E-state index in [1.807, 2.05) is 29.0 Å². The number of oxime groups is 1. The van der Waals surface area contributed by atoms with Crippen molar-refractivity contribution in [2.24, 2.45) is 10.1 Å². The molecule has 1 heterocycles. The highest BCUT2D eigenvalue weighted by atomic mass is 16.4. The minimum atomic E-state index is 0.532. The van der Waals surface area contributed by atoms with Crippen molar-refractivity contribution in [3.05, 3.63) is 29.9 Å². The van der Waals surface area contributed by atoms with Crippen molar-refractivity contribution in [1.82, 2.24) is 4.57 Å². The largest absolute Gasteiger partial charge is 0.411 e. The standard InChI is InChI=1S/C8H11N3O/c1-9-8-4-2-3-6-11(8)7-5-10-12/h2-6,12H,7H2,1H3. The van der Waals surface area contributed by atoms with Crippen LogP contribution in [0.4, 0.5) is 0 Å². The molecule has 0 aromatic carbocycles. The van der Waals surface area contributed by atoms with E-state index in [0.29, 0.717) is 6.54 Å². The van der Waals surface area contributed by atoms with Gasteiger partial charge in [0.15, 0.2) is 0 Å². The van der Waals surface area contributed by atoms with E-state index in [0.717, 1.165) is 5.49 Å². The van der Waals surface area contributed by atoms with E-state index in [2.05, 4.69) is 10.1 Å². The smallest absolute Gasteiger partial charge is 0.127 e. The van der Waals surface area contributed by atoms with Crippen molar-refractivity contribution in [2.45, 2.75) is 6.54 Å². The van der Waals surface area contributed by atoms with Gasteiger partial charge in [-0.15, -0.1) is 5.16 Å². The molecule has 0 saturated heterocycles. The highest BCUT2D eigenvalue weighted by molar-refractivity contribution is 5.55. The van der Waals surface area contributed by atoms with Crippen molar-refractivity contribution >= 4 is 6.21 Å². The van der Waals surface area contributed by atoms with Crippen LogP contribution in [0.5, 0.6) is 0 Å². The molecule has 4 heteroatoms. The molecule has 0 radical (unpaired) electrons. The van der Waals surface area contributed by atoms with Crippen LogP contribution in [0.3, 0.4) is 0 Å². The first kappa shape index (κ1) is 8.52. The second kappa shape index (κ2) is 4.33. The Bertz CT molecular complexity index is 327. The van der Waals surface area contributed by atoms with Gasteiger partial charge in [-0.2, -0.15) is 0 Å². The molecule has 1 rings (SSSR count). The van der Waals surface area contributed by atoms with Crippen LogP contribution in [0.1, 0.15) is 0 Å². The monoisotopic (exact) mass is 165 g/mol. The van der Waals surface area contributed by atoms with Crippen LogP contribution in [0.2, 0.25) is 0 Å². The number of pyridine rings is 1. The summed E-state index contributed by atoms with van der Waals surface area (Å²) in [4.78, 5) is 4.04. The molecule has 0 amide bonds. The summed E-state index contributed by atoms with van der Waals surface area (Å²) in [7, 11) is 1.72. The van der Waals surface area contributed by atoms with Crippen LogP contribution in [-0.4, -0.2) is 23.0 Å². The molecule has 0 atom stereocenters. The van der Waals surface area contributed by atoms with Crippen molar-refractivity contribution in [3.8, 4) is 0 Å². The van der Waals surface area contributed by atoms with E-state index < -0.39 is 0 Å². The van der Waals surface area contributed by atoms with Gasteiger partial charge >= 0.3 is 0 Å². The fraction of sp³-hybridized carbons (Fsp3) is 0.250. The maximum absolute atomic E-state index is 8.22. The van der Waals surface area contributed by atoms with E-state index in [4.69, 9.17) is 5.21 Å². The van der Waals surface area contributed by atoms with Crippen LogP contribution in [-0.2, 0) is 6.54 Å². The Hall–Kier alpha value is -1.58. The number of rotatable bonds is 2. The molecule has 1 N–H and O–H groups in total. The predicted octanol–water partition coefficient (Wildman–Crippen LogP) is 0.479. The molecule has 0 spiro atoms. The van der Waals surface area contributed by atoms with Crippen LogP contribution in [0.25, 0.3) is 0 Å². The molecule has 0 saturated carbocycles. The Labute approximate surface area is 70.5 Å². The second-order valence-electron chi connectivity index (χ2n) is 2.23. The molecule has 1 aromatic rings. The minimum absolute atomic E-state index is 0.532. The summed E-state index contributed by atoms with van der Waals surface area (Å²) in [5, 5.41) is 11.1. The zero-order chi connectivity index (χ0) is 8.81. The SMILES string of the molecule is CN=c1ccccn1CC=NO. The number of nitrogens with zero attached hydrogens (tertiary/aromatic N) is 3. The molecular weight excluding hydrogens is 154 g/mol. The molecule has 0 aliphatic heterocycles. The fourth-order valence-corrected chi connectivity index (χ4v) is 0.949. The quantitative estimate of drug-likeness (QED) is 0.387. The van der Waals surface area contributed by atoms with Gasteiger partial charge in [-0.1, -0.05) is 6.07 Å². The van der Waals surface area contributed by atoms with E-state index in [1.165, 1.54) is 6.21 Å². The van der Waals surface area contributed by atoms with Crippen molar-refractivity contribution in [1.29, 1.82) is 0 Å². The molecule has 0 aliphatic rings. The van der Waals surface area contributed by atoms with Crippen LogP contribution in [0.15, 0.2) is 34.5 Å². The first-order valence-corrected chi connectivity index (χ1v) is 3.62. The Morgan fingerprint density at radius 1 is 1.58 bits per heavy atom. The van der Waals surface area contributed by atoms with Crippen molar-refractivity contribution in [2.75, 3.05) is 7.05 Å². The molecule has 0 bridgehead atoms. The minimum Gasteiger partial charge on any atom is -0.411 e. The Morgan fingerprint density at radius 2 is 2.42 bits per heavy atom. The highest BCUT2D eigenvalue weighted by Gasteiger charge is 1.86. The Balaban J connectivity index is 2.98. The molecular formula is C8H11N3O. The molecule has 0 aliphatic carbocycles. The van der Waals surface area contributed by atoms with Crippen LogP contribution < -0.4 is 5.49 Å². The first-order valence-electron chi connectivity index (χ1n) is 3.62. The number of hydrogen-bond acceptors (Lipinski definition) is 3. The zero-order valence-electron chi connectivity index (χ0n) is 6.88. The van der Waals surface area contributed by atoms with Gasteiger partial charge in [0.25, 0.3) is 0 Å². The summed E-state index contributed by atoms with van der Waals surface area (Å²) in [5.41, 5.74) is 0.859. The summed E-state index contributed by atoms with van der Waals surface area (Å²) in [6, 6.07) is 5.71. The van der Waals surface area contributed by atoms with Gasteiger partial charge in [-0.05, 0) is 12.1 Å². The Kier molecular flexibility index (Phi) is 3.07. The lowest BCUT2D eigenvalue weighted by Crippen LogP contribution is -2.19. The van der Waals surface area contributed by atoms with E-state index in [1.54, 1.807) is 7.05 Å². The predicted molar refractivity (Wildman–Crippen MR) is 46.2 cm³/mol. The maximum Gasteiger partial charge on any atom is 0.127 e. The van der Waals surface area contributed by atoms with Crippen LogP contribution >= 0.6 is 0 Å². The lowest BCUT2D eigenvalue weighted by molar-refractivity contribution is 0.320. The lowest BCUT2D eigenvalue weighted by atomic mass is 10.4. The third-order valence-electron chi connectivity index (χ3n) is 1.51. The average Bonchev–Trinajstić information content (AvgIpc) is 2.15. The fourth-order valence-electron chi connectivity index (χ4n) is 0.949. The van der Waals surface area contributed by atoms with Crippen molar-refractivity contribution in [3.63, 3.8) is 0 Å². The van der Waals surface area contributed by atoms with Gasteiger partial charge in [0.1, 0.15) is 5.49 Å². The first-order chi connectivity index (χ1) is 5.88. The topological polar surface area (TPSA) is 49.9 Å². The van der Waals surface area contributed by atoms with Gasteiger partial charge in [-0.3, -0.25) is 4.99 Å². The van der Waals surface area contributed by atoms with E-state index in [9.17, 15) is 0 Å². The Morgan fingerprint density at radius 3 is 3.08 bits per heavy atom. The molecule has 0 unspecified atom stereocenters. The summed E-state index contributed by atoms with van der Waals surface area (Å²) < 4.78 is 1.87.